The topological polar surface area (TPSA) is 65.1 Å². The van der Waals surface area contributed by atoms with Gasteiger partial charge in [0.05, 0.1) is 5.52 Å². The van der Waals surface area contributed by atoms with Gasteiger partial charge in [-0.25, -0.2) is 4.98 Å². The van der Waals surface area contributed by atoms with Crippen molar-refractivity contribution in [3.05, 3.63) is 89.4 Å². The highest BCUT2D eigenvalue weighted by Crippen LogP contribution is 2.30. The van der Waals surface area contributed by atoms with E-state index in [1.165, 1.54) is 18.4 Å². The number of halogens is 1. The Bertz CT molecular complexity index is 1360. The van der Waals surface area contributed by atoms with Gasteiger partial charge in [0.15, 0.2) is 0 Å². The number of benzene rings is 3. The lowest BCUT2D eigenvalue weighted by Crippen LogP contribution is -2.32. The number of anilines is 3. The van der Waals surface area contributed by atoms with Crippen LogP contribution >= 0.6 is 23.4 Å². The quantitative estimate of drug-likeness (QED) is 0.140. The fraction of sp³-hybridized carbons (Fsp3) is 0.394. The standard InChI is InChI=1S/C33H41ClN6S/c1-40(2)32-29-10-6-7-11-30(29)38-33(39-32)37-28-16-12-24(13-17-28)22-35-20-21-41-31(25-8-4-3-5-9-25)23-36-27-18-14-26(34)15-19-27/h3-11,14-15,18-19,24,28,31,35-36H,12-13,16-17,20-23H2,1-2H3,(H,37,38,39). The van der Waals surface area contributed by atoms with E-state index >= 15 is 0 Å². The van der Waals surface area contributed by atoms with Crippen LogP contribution in [0.25, 0.3) is 10.9 Å². The summed E-state index contributed by atoms with van der Waals surface area (Å²) < 4.78 is 0. The predicted octanol–water partition coefficient (Wildman–Crippen LogP) is 7.50. The Hall–Kier alpha value is -3.00. The molecule has 1 aromatic heterocycles. The highest BCUT2D eigenvalue weighted by Gasteiger charge is 2.22. The highest BCUT2D eigenvalue weighted by atomic mass is 35.5. The van der Waals surface area contributed by atoms with Crippen LogP contribution in [0.3, 0.4) is 0 Å². The number of para-hydroxylation sites is 1. The van der Waals surface area contributed by atoms with Crippen molar-refractivity contribution in [2.75, 3.05) is 55.0 Å². The number of hydrogen-bond donors (Lipinski definition) is 3. The van der Waals surface area contributed by atoms with Crippen LogP contribution in [-0.2, 0) is 0 Å². The van der Waals surface area contributed by atoms with E-state index < -0.39 is 0 Å². The Labute approximate surface area is 253 Å². The molecule has 1 heterocycles. The maximum absolute atomic E-state index is 6.05. The fourth-order valence-electron chi connectivity index (χ4n) is 5.46. The van der Waals surface area contributed by atoms with Gasteiger partial charge in [0.1, 0.15) is 5.82 Å². The van der Waals surface area contributed by atoms with Crippen LogP contribution in [0.1, 0.15) is 36.5 Å². The second kappa shape index (κ2) is 14.8. The number of aromatic nitrogens is 2. The van der Waals surface area contributed by atoms with Crippen molar-refractivity contribution in [1.29, 1.82) is 0 Å². The zero-order valence-electron chi connectivity index (χ0n) is 24.0. The number of thioether (sulfide) groups is 1. The molecule has 0 spiro atoms. The maximum atomic E-state index is 6.05. The first-order valence-electron chi connectivity index (χ1n) is 14.6. The van der Waals surface area contributed by atoms with E-state index in [0.717, 1.165) is 77.5 Å². The minimum atomic E-state index is 0.389. The highest BCUT2D eigenvalue weighted by molar-refractivity contribution is 7.99. The number of rotatable bonds is 13. The van der Waals surface area contributed by atoms with Gasteiger partial charge in [-0.1, -0.05) is 54.1 Å². The number of nitrogens with one attached hydrogen (secondary N) is 3. The van der Waals surface area contributed by atoms with E-state index in [1.807, 2.05) is 62.3 Å². The third kappa shape index (κ3) is 8.51. The Morgan fingerprint density at radius 3 is 2.39 bits per heavy atom. The smallest absolute Gasteiger partial charge is 0.225 e. The van der Waals surface area contributed by atoms with Crippen LogP contribution in [0.2, 0.25) is 5.02 Å². The molecule has 1 fully saturated rings. The van der Waals surface area contributed by atoms with Crippen LogP contribution in [0, 0.1) is 5.92 Å². The summed E-state index contributed by atoms with van der Waals surface area (Å²) in [5.74, 6) is 3.50. The van der Waals surface area contributed by atoms with E-state index in [4.69, 9.17) is 21.6 Å². The largest absolute Gasteiger partial charge is 0.384 e. The molecule has 0 bridgehead atoms. The van der Waals surface area contributed by atoms with Gasteiger partial charge in [-0.05, 0) is 80.1 Å². The zero-order chi connectivity index (χ0) is 28.4. The van der Waals surface area contributed by atoms with Crippen molar-refractivity contribution in [1.82, 2.24) is 15.3 Å². The van der Waals surface area contributed by atoms with Gasteiger partial charge in [0.25, 0.3) is 0 Å². The Morgan fingerprint density at radius 1 is 0.902 bits per heavy atom. The first-order chi connectivity index (χ1) is 20.0. The lowest BCUT2D eigenvalue weighted by atomic mass is 9.86. The molecule has 0 amide bonds. The molecule has 1 atom stereocenters. The molecule has 1 saturated carbocycles. The monoisotopic (exact) mass is 588 g/mol. The second-order valence-corrected chi connectivity index (χ2v) is 12.8. The summed E-state index contributed by atoms with van der Waals surface area (Å²) in [6, 6.07) is 27.4. The van der Waals surface area contributed by atoms with E-state index in [-0.39, 0.29) is 0 Å². The number of fused-ring (bicyclic) bond motifs is 1. The molecule has 1 aliphatic carbocycles. The SMILES string of the molecule is CN(C)c1nc(NC2CCC(CNCCSC(CNc3ccc(Cl)cc3)c3ccccc3)CC2)nc2ccccc12. The maximum Gasteiger partial charge on any atom is 0.225 e. The first kappa shape index (κ1) is 29.5. The van der Waals surface area contributed by atoms with Crippen LogP contribution in [0.5, 0.6) is 0 Å². The molecule has 41 heavy (non-hydrogen) atoms. The second-order valence-electron chi connectivity index (χ2n) is 11.0. The van der Waals surface area contributed by atoms with Crippen LogP contribution in [0.15, 0.2) is 78.9 Å². The van der Waals surface area contributed by atoms with Gasteiger partial charge in [0.2, 0.25) is 5.95 Å². The molecule has 0 radical (unpaired) electrons. The van der Waals surface area contributed by atoms with Gasteiger partial charge in [-0.3, -0.25) is 0 Å². The summed E-state index contributed by atoms with van der Waals surface area (Å²) in [5.41, 5.74) is 3.45. The molecule has 5 rings (SSSR count). The summed E-state index contributed by atoms with van der Waals surface area (Å²) in [4.78, 5) is 11.7. The number of hydrogen-bond acceptors (Lipinski definition) is 7. The Morgan fingerprint density at radius 2 is 1.63 bits per heavy atom. The van der Waals surface area contributed by atoms with E-state index in [9.17, 15) is 0 Å². The lowest BCUT2D eigenvalue weighted by Gasteiger charge is -2.29. The van der Waals surface area contributed by atoms with Crippen LogP contribution < -0.4 is 20.9 Å². The number of nitrogens with zero attached hydrogens (tertiary/aromatic N) is 3. The van der Waals surface area contributed by atoms with Crippen molar-refractivity contribution >= 4 is 51.7 Å². The molecule has 0 aliphatic heterocycles. The molecule has 1 aliphatic rings. The van der Waals surface area contributed by atoms with Gasteiger partial charge in [-0.2, -0.15) is 16.7 Å². The first-order valence-corrected chi connectivity index (χ1v) is 16.0. The predicted molar refractivity (Wildman–Crippen MR) is 178 cm³/mol. The Balaban J connectivity index is 1.04. The molecule has 3 aromatic carbocycles. The van der Waals surface area contributed by atoms with Crippen molar-refractivity contribution in [3.63, 3.8) is 0 Å². The average Bonchev–Trinajstić information content (AvgIpc) is 3.00. The van der Waals surface area contributed by atoms with Gasteiger partial charge >= 0.3 is 0 Å². The third-order valence-corrected chi connectivity index (χ3v) is 9.26. The molecule has 4 aromatic rings. The Kier molecular flexibility index (Phi) is 10.6. The van der Waals surface area contributed by atoms with E-state index in [0.29, 0.717) is 11.3 Å². The molecular formula is C33H41ClN6S. The van der Waals surface area contributed by atoms with Crippen molar-refractivity contribution in [2.24, 2.45) is 5.92 Å². The third-order valence-electron chi connectivity index (χ3n) is 7.72. The molecule has 1 unspecified atom stereocenters. The minimum absolute atomic E-state index is 0.389. The van der Waals surface area contributed by atoms with E-state index in [1.54, 1.807) is 0 Å². The van der Waals surface area contributed by atoms with Crippen molar-refractivity contribution in [2.45, 2.75) is 37.0 Å². The lowest BCUT2D eigenvalue weighted by molar-refractivity contribution is 0.326. The molecule has 216 valence electrons. The summed E-state index contributed by atoms with van der Waals surface area (Å²) in [6.07, 6.45) is 4.76. The van der Waals surface area contributed by atoms with Crippen molar-refractivity contribution in [3.8, 4) is 0 Å². The van der Waals surface area contributed by atoms with Gasteiger partial charge in [0, 0.05) is 60.3 Å². The summed E-state index contributed by atoms with van der Waals surface area (Å²) in [6.45, 7) is 2.99. The summed E-state index contributed by atoms with van der Waals surface area (Å²) in [5, 5.41) is 13.2. The molecule has 0 saturated heterocycles. The van der Waals surface area contributed by atoms with Gasteiger partial charge in [-0.15, -0.1) is 0 Å². The normalized spacial score (nSPS) is 17.7. The average molecular weight is 589 g/mol. The molecule has 6 nitrogen and oxygen atoms in total. The van der Waals surface area contributed by atoms with Crippen LogP contribution in [0.4, 0.5) is 17.5 Å². The van der Waals surface area contributed by atoms with E-state index in [2.05, 4.69) is 63.3 Å². The van der Waals surface area contributed by atoms with Gasteiger partial charge < -0.3 is 20.9 Å². The molecule has 8 heteroatoms. The zero-order valence-corrected chi connectivity index (χ0v) is 25.6. The summed E-state index contributed by atoms with van der Waals surface area (Å²) in [7, 11) is 4.07. The van der Waals surface area contributed by atoms with Crippen molar-refractivity contribution < 1.29 is 0 Å². The van der Waals surface area contributed by atoms with Crippen LogP contribution in [-0.4, -0.2) is 55.5 Å². The molecular weight excluding hydrogens is 548 g/mol. The summed E-state index contributed by atoms with van der Waals surface area (Å²) >= 11 is 8.06. The molecule has 3 N–H and O–H groups in total. The fourth-order valence-corrected chi connectivity index (χ4v) is 6.68. The minimum Gasteiger partial charge on any atom is -0.384 e.